The average molecular weight is 325 g/mol. The van der Waals surface area contributed by atoms with Crippen molar-refractivity contribution >= 4 is 27.4 Å². The van der Waals surface area contributed by atoms with E-state index >= 15 is 0 Å². The first-order valence-electron chi connectivity index (χ1n) is 6.69. The summed E-state index contributed by atoms with van der Waals surface area (Å²) in [7, 11) is 0. The Kier molecular flexibility index (Phi) is 3.98. The number of nitrogens with one attached hydrogen (secondary N) is 1. The van der Waals surface area contributed by atoms with Crippen molar-refractivity contribution in [2.24, 2.45) is 0 Å². The van der Waals surface area contributed by atoms with E-state index in [1.807, 2.05) is 18.3 Å². The van der Waals surface area contributed by atoms with Gasteiger partial charge in [-0.2, -0.15) is 0 Å². The molecule has 1 N–H and O–H groups in total. The number of anilines is 1. The Hall–Kier alpha value is -1.14. The van der Waals surface area contributed by atoms with E-state index in [0.29, 0.717) is 6.10 Å². The van der Waals surface area contributed by atoms with Crippen LogP contribution in [0.25, 0.3) is 5.65 Å². The predicted octanol–water partition coefficient (Wildman–Crippen LogP) is 2.86. The molecule has 2 heterocycles. The molecule has 1 saturated carbocycles. The van der Waals surface area contributed by atoms with E-state index in [4.69, 9.17) is 4.74 Å². The van der Waals surface area contributed by atoms with E-state index in [1.54, 1.807) is 4.52 Å². The van der Waals surface area contributed by atoms with E-state index in [-0.39, 0.29) is 0 Å². The normalized spacial score (nSPS) is 16.3. The quantitative estimate of drug-likeness (QED) is 0.859. The standard InChI is InChI=1S/C13H17BrN4O/c14-11-9-18-13(16-11)6-5-12(17-18)15-7-8-19-10-3-1-2-4-10/h5-6,9-10H,1-4,7-8H2,(H,15,17). The zero-order chi connectivity index (χ0) is 13.1. The van der Waals surface area contributed by atoms with Crippen LogP contribution in [0.1, 0.15) is 25.7 Å². The summed E-state index contributed by atoms with van der Waals surface area (Å²) in [5.74, 6) is 0.840. The molecule has 0 aromatic carbocycles. The molecule has 2 aromatic heterocycles. The van der Waals surface area contributed by atoms with Gasteiger partial charge in [-0.3, -0.25) is 0 Å². The van der Waals surface area contributed by atoms with Gasteiger partial charge in [0, 0.05) is 6.54 Å². The van der Waals surface area contributed by atoms with Gasteiger partial charge in [0.25, 0.3) is 0 Å². The Bertz CT molecular complexity index is 551. The van der Waals surface area contributed by atoms with Gasteiger partial charge in [0.15, 0.2) is 5.65 Å². The van der Waals surface area contributed by atoms with Crippen LogP contribution in [0.15, 0.2) is 22.9 Å². The number of nitrogens with zero attached hydrogens (tertiary/aromatic N) is 3. The van der Waals surface area contributed by atoms with Crippen LogP contribution in [0.3, 0.4) is 0 Å². The number of ether oxygens (including phenoxy) is 1. The Balaban J connectivity index is 1.50. The summed E-state index contributed by atoms with van der Waals surface area (Å²) in [5, 5.41) is 7.69. The van der Waals surface area contributed by atoms with Gasteiger partial charge < -0.3 is 10.1 Å². The van der Waals surface area contributed by atoms with Gasteiger partial charge in [0.2, 0.25) is 0 Å². The number of imidazole rings is 1. The number of aromatic nitrogens is 3. The smallest absolute Gasteiger partial charge is 0.155 e. The Morgan fingerprint density at radius 1 is 1.37 bits per heavy atom. The van der Waals surface area contributed by atoms with Crippen LogP contribution in [0.4, 0.5) is 5.82 Å². The zero-order valence-electron chi connectivity index (χ0n) is 10.7. The van der Waals surface area contributed by atoms with Crippen molar-refractivity contribution in [2.45, 2.75) is 31.8 Å². The van der Waals surface area contributed by atoms with Gasteiger partial charge >= 0.3 is 0 Å². The highest BCUT2D eigenvalue weighted by atomic mass is 79.9. The van der Waals surface area contributed by atoms with Crippen LogP contribution in [-0.4, -0.2) is 33.9 Å². The second kappa shape index (κ2) is 5.88. The van der Waals surface area contributed by atoms with Crippen LogP contribution in [0.2, 0.25) is 0 Å². The van der Waals surface area contributed by atoms with Crippen LogP contribution in [0, 0.1) is 0 Å². The van der Waals surface area contributed by atoms with E-state index < -0.39 is 0 Å². The molecule has 2 aromatic rings. The third kappa shape index (κ3) is 3.25. The van der Waals surface area contributed by atoms with Gasteiger partial charge in [0.1, 0.15) is 10.4 Å². The molecule has 0 bridgehead atoms. The van der Waals surface area contributed by atoms with Crippen LogP contribution in [-0.2, 0) is 4.74 Å². The minimum atomic E-state index is 0.474. The lowest BCUT2D eigenvalue weighted by Crippen LogP contribution is -2.16. The number of halogens is 1. The molecule has 19 heavy (non-hydrogen) atoms. The van der Waals surface area contributed by atoms with Crippen LogP contribution >= 0.6 is 15.9 Å². The lowest BCUT2D eigenvalue weighted by atomic mass is 10.3. The number of rotatable bonds is 5. The summed E-state index contributed by atoms with van der Waals surface area (Å²) in [6.07, 6.45) is 7.37. The molecule has 0 saturated heterocycles. The molecule has 6 heteroatoms. The Labute approximate surface area is 120 Å². The number of fused-ring (bicyclic) bond motifs is 1. The molecule has 0 amide bonds. The Morgan fingerprint density at radius 3 is 3.05 bits per heavy atom. The second-order valence-corrected chi connectivity index (χ2v) is 5.60. The number of hydrogen-bond acceptors (Lipinski definition) is 4. The summed E-state index contributed by atoms with van der Waals surface area (Å²) in [5.41, 5.74) is 0.833. The molecule has 1 fully saturated rings. The van der Waals surface area contributed by atoms with Crippen molar-refractivity contribution < 1.29 is 4.74 Å². The molecular weight excluding hydrogens is 308 g/mol. The van der Waals surface area contributed by atoms with Gasteiger partial charge in [-0.25, -0.2) is 9.50 Å². The van der Waals surface area contributed by atoms with E-state index in [2.05, 4.69) is 31.3 Å². The third-order valence-corrected chi connectivity index (χ3v) is 3.74. The fraction of sp³-hybridized carbons (Fsp3) is 0.538. The highest BCUT2D eigenvalue weighted by molar-refractivity contribution is 9.10. The van der Waals surface area contributed by atoms with Crippen molar-refractivity contribution in [3.05, 3.63) is 22.9 Å². The van der Waals surface area contributed by atoms with E-state index in [1.165, 1.54) is 25.7 Å². The molecule has 0 spiro atoms. The molecular formula is C13H17BrN4O. The molecule has 0 aliphatic heterocycles. The van der Waals surface area contributed by atoms with Crippen molar-refractivity contribution in [2.75, 3.05) is 18.5 Å². The zero-order valence-corrected chi connectivity index (χ0v) is 12.3. The van der Waals surface area contributed by atoms with Crippen molar-refractivity contribution in [3.63, 3.8) is 0 Å². The van der Waals surface area contributed by atoms with Gasteiger partial charge in [0.05, 0.1) is 18.9 Å². The topological polar surface area (TPSA) is 51.5 Å². The fourth-order valence-corrected chi connectivity index (χ4v) is 2.78. The molecule has 0 radical (unpaired) electrons. The third-order valence-electron chi connectivity index (χ3n) is 3.35. The van der Waals surface area contributed by atoms with Crippen molar-refractivity contribution in [1.29, 1.82) is 0 Å². The molecule has 1 aliphatic carbocycles. The maximum atomic E-state index is 5.80. The molecule has 5 nitrogen and oxygen atoms in total. The summed E-state index contributed by atoms with van der Waals surface area (Å²) in [6.45, 7) is 1.52. The minimum absolute atomic E-state index is 0.474. The predicted molar refractivity (Wildman–Crippen MR) is 77.4 cm³/mol. The lowest BCUT2D eigenvalue weighted by molar-refractivity contribution is 0.0658. The SMILES string of the molecule is Brc1cn2nc(NCCOC3CCCC3)ccc2n1. The second-order valence-electron chi connectivity index (χ2n) is 4.79. The summed E-state index contributed by atoms with van der Waals surface area (Å²) in [4.78, 5) is 4.27. The molecule has 1 aliphatic rings. The molecule has 0 atom stereocenters. The maximum absolute atomic E-state index is 5.80. The highest BCUT2D eigenvalue weighted by Crippen LogP contribution is 2.20. The molecule has 3 rings (SSSR count). The summed E-state index contributed by atoms with van der Waals surface area (Å²) in [6, 6.07) is 3.88. The monoisotopic (exact) mass is 324 g/mol. The molecule has 0 unspecified atom stereocenters. The van der Waals surface area contributed by atoms with E-state index in [0.717, 1.165) is 29.2 Å². The van der Waals surface area contributed by atoms with Gasteiger partial charge in [-0.05, 0) is 40.9 Å². The van der Waals surface area contributed by atoms with Gasteiger partial charge in [-0.1, -0.05) is 12.8 Å². The fourth-order valence-electron chi connectivity index (χ4n) is 2.41. The Morgan fingerprint density at radius 2 is 2.21 bits per heavy atom. The van der Waals surface area contributed by atoms with Crippen LogP contribution < -0.4 is 5.32 Å². The first-order chi connectivity index (χ1) is 9.31. The first-order valence-corrected chi connectivity index (χ1v) is 7.48. The summed E-state index contributed by atoms with van der Waals surface area (Å²) >= 11 is 3.34. The average Bonchev–Trinajstić information content (AvgIpc) is 3.02. The van der Waals surface area contributed by atoms with Crippen molar-refractivity contribution in [3.8, 4) is 0 Å². The largest absolute Gasteiger partial charge is 0.376 e. The van der Waals surface area contributed by atoms with E-state index in [9.17, 15) is 0 Å². The van der Waals surface area contributed by atoms with Crippen molar-refractivity contribution in [1.82, 2.24) is 14.6 Å². The summed E-state index contributed by atoms with van der Waals surface area (Å²) < 4.78 is 8.35. The van der Waals surface area contributed by atoms with Crippen LogP contribution in [0.5, 0.6) is 0 Å². The maximum Gasteiger partial charge on any atom is 0.155 e. The number of hydrogen-bond donors (Lipinski definition) is 1. The minimum Gasteiger partial charge on any atom is -0.376 e. The first kappa shape index (κ1) is 12.9. The van der Waals surface area contributed by atoms with Gasteiger partial charge in [-0.15, -0.1) is 5.10 Å². The molecule has 102 valence electrons. The lowest BCUT2D eigenvalue weighted by Gasteiger charge is -2.11. The highest BCUT2D eigenvalue weighted by Gasteiger charge is 2.14.